The van der Waals surface area contributed by atoms with Crippen LogP contribution in [0.1, 0.15) is 23.1 Å². The highest BCUT2D eigenvalue weighted by Crippen LogP contribution is 2.36. The molecule has 3 nitrogen and oxygen atoms in total. The first-order valence-corrected chi connectivity index (χ1v) is 8.74. The summed E-state index contributed by atoms with van der Waals surface area (Å²) in [4.78, 5) is 0. The first-order chi connectivity index (χ1) is 12.8. The van der Waals surface area contributed by atoms with Gasteiger partial charge in [0.05, 0.1) is 24.1 Å². The minimum absolute atomic E-state index is 0.0987. The Morgan fingerprint density at radius 2 is 1.15 bits per heavy atom. The summed E-state index contributed by atoms with van der Waals surface area (Å²) >= 11 is 0. The second kappa shape index (κ2) is 8.44. The zero-order valence-corrected chi connectivity index (χ0v) is 14.5. The maximum absolute atomic E-state index is 10.2. The predicted molar refractivity (Wildman–Crippen MR) is 103 cm³/mol. The number of nitrogens with one attached hydrogen (secondary N) is 1. The molecule has 0 saturated carbocycles. The maximum Gasteiger partial charge on any atom is 0.0948 e. The largest absolute Gasteiger partial charge is 0.391 e. The fourth-order valence-electron chi connectivity index (χ4n) is 3.32. The molecular weight excluding hydrogens is 320 g/mol. The van der Waals surface area contributed by atoms with Crippen LogP contribution in [0, 0.1) is 11.3 Å². The van der Waals surface area contributed by atoms with Crippen molar-refractivity contribution in [3.05, 3.63) is 108 Å². The Bertz CT molecular complexity index is 745. The molecule has 0 amide bonds. The number of benzene rings is 3. The molecule has 0 aromatic heterocycles. The molecule has 0 aliphatic carbocycles. The molecule has 130 valence electrons. The summed E-state index contributed by atoms with van der Waals surface area (Å²) in [5.41, 5.74) is 2.64. The van der Waals surface area contributed by atoms with Crippen LogP contribution in [-0.2, 0) is 5.54 Å². The van der Waals surface area contributed by atoms with Gasteiger partial charge in [0.2, 0.25) is 0 Å². The monoisotopic (exact) mass is 342 g/mol. The molecule has 0 radical (unpaired) electrons. The van der Waals surface area contributed by atoms with Crippen molar-refractivity contribution in [2.75, 3.05) is 6.54 Å². The van der Waals surface area contributed by atoms with Crippen LogP contribution in [0.15, 0.2) is 91.0 Å². The van der Waals surface area contributed by atoms with Gasteiger partial charge in [0.15, 0.2) is 0 Å². The molecule has 3 heteroatoms. The highest BCUT2D eigenvalue weighted by Gasteiger charge is 2.36. The van der Waals surface area contributed by atoms with E-state index in [1.54, 1.807) is 0 Å². The van der Waals surface area contributed by atoms with Crippen molar-refractivity contribution in [3.8, 4) is 6.07 Å². The third-order valence-electron chi connectivity index (χ3n) is 4.55. The van der Waals surface area contributed by atoms with Gasteiger partial charge in [-0.3, -0.25) is 5.32 Å². The molecule has 0 spiro atoms. The minimum Gasteiger partial charge on any atom is -0.391 e. The lowest BCUT2D eigenvalue weighted by molar-refractivity contribution is 0.168. The third-order valence-corrected chi connectivity index (χ3v) is 4.55. The van der Waals surface area contributed by atoms with Crippen LogP contribution in [0.25, 0.3) is 0 Å². The van der Waals surface area contributed by atoms with Crippen LogP contribution in [0.4, 0.5) is 0 Å². The van der Waals surface area contributed by atoms with Crippen molar-refractivity contribution in [2.45, 2.75) is 18.1 Å². The number of aliphatic hydroxyl groups excluding tert-OH is 1. The molecule has 3 aromatic rings. The van der Waals surface area contributed by atoms with Crippen LogP contribution < -0.4 is 5.32 Å². The molecule has 0 fully saturated rings. The average molecular weight is 342 g/mol. The second-order valence-electron chi connectivity index (χ2n) is 6.25. The highest BCUT2D eigenvalue weighted by atomic mass is 16.3. The summed E-state index contributed by atoms with van der Waals surface area (Å²) < 4.78 is 0. The second-order valence-corrected chi connectivity index (χ2v) is 6.25. The van der Waals surface area contributed by atoms with Crippen molar-refractivity contribution in [3.63, 3.8) is 0 Å². The average Bonchev–Trinajstić information content (AvgIpc) is 2.71. The summed E-state index contributed by atoms with van der Waals surface area (Å²) in [6.07, 6.45) is -0.628. The van der Waals surface area contributed by atoms with Crippen molar-refractivity contribution in [2.24, 2.45) is 0 Å². The Labute approximate surface area is 154 Å². The molecule has 0 aliphatic rings. The van der Waals surface area contributed by atoms with E-state index in [-0.39, 0.29) is 6.42 Å². The quantitative estimate of drug-likeness (QED) is 0.641. The molecule has 0 bridgehead atoms. The van der Waals surface area contributed by atoms with Gasteiger partial charge in [-0.2, -0.15) is 5.26 Å². The Morgan fingerprint density at radius 1 is 0.769 bits per heavy atom. The van der Waals surface area contributed by atoms with Gasteiger partial charge in [0.1, 0.15) is 0 Å². The van der Waals surface area contributed by atoms with Crippen LogP contribution in [-0.4, -0.2) is 17.8 Å². The van der Waals surface area contributed by atoms with Crippen molar-refractivity contribution in [1.82, 2.24) is 5.32 Å². The van der Waals surface area contributed by atoms with Gasteiger partial charge >= 0.3 is 0 Å². The van der Waals surface area contributed by atoms with E-state index >= 15 is 0 Å². The third kappa shape index (κ3) is 3.67. The molecule has 0 saturated heterocycles. The van der Waals surface area contributed by atoms with E-state index in [1.165, 1.54) is 0 Å². The molecule has 1 atom stereocenters. The zero-order valence-electron chi connectivity index (χ0n) is 14.5. The van der Waals surface area contributed by atoms with E-state index in [4.69, 9.17) is 5.26 Å². The first-order valence-electron chi connectivity index (χ1n) is 8.74. The van der Waals surface area contributed by atoms with E-state index in [2.05, 4.69) is 41.7 Å². The SMILES string of the molecule is N#CC[C@H](O)CNC(c1ccccc1)(c1ccccc1)c1ccccc1. The Kier molecular flexibility index (Phi) is 5.80. The molecule has 0 heterocycles. The Hall–Kier alpha value is -2.93. The highest BCUT2D eigenvalue weighted by molar-refractivity contribution is 5.49. The molecule has 3 rings (SSSR count). The van der Waals surface area contributed by atoms with E-state index in [0.29, 0.717) is 6.54 Å². The summed E-state index contributed by atoms with van der Waals surface area (Å²) in [5.74, 6) is 0. The Morgan fingerprint density at radius 3 is 1.50 bits per heavy atom. The number of aliphatic hydroxyl groups is 1. The zero-order chi connectivity index (χ0) is 18.2. The number of nitriles is 1. The normalized spacial score (nSPS) is 12.3. The van der Waals surface area contributed by atoms with Crippen LogP contribution in [0.2, 0.25) is 0 Å². The minimum atomic E-state index is -0.726. The van der Waals surface area contributed by atoms with E-state index in [9.17, 15) is 5.11 Å². The van der Waals surface area contributed by atoms with E-state index < -0.39 is 11.6 Å². The van der Waals surface area contributed by atoms with Gasteiger partial charge in [-0.25, -0.2) is 0 Å². The Balaban J connectivity index is 2.16. The summed E-state index contributed by atoms with van der Waals surface area (Å²) in [5, 5.41) is 22.6. The summed E-state index contributed by atoms with van der Waals surface area (Å²) in [7, 11) is 0. The van der Waals surface area contributed by atoms with Crippen molar-refractivity contribution in [1.29, 1.82) is 5.26 Å². The molecule has 0 aliphatic heterocycles. The fourth-order valence-corrected chi connectivity index (χ4v) is 3.32. The van der Waals surface area contributed by atoms with Crippen LogP contribution in [0.5, 0.6) is 0 Å². The van der Waals surface area contributed by atoms with Crippen LogP contribution >= 0.6 is 0 Å². The van der Waals surface area contributed by atoms with Gasteiger partial charge in [0.25, 0.3) is 0 Å². The fraction of sp³-hybridized carbons (Fsp3) is 0.174. The van der Waals surface area contributed by atoms with E-state index in [1.807, 2.05) is 60.7 Å². The number of nitrogens with zero attached hydrogens (tertiary/aromatic N) is 1. The smallest absolute Gasteiger partial charge is 0.0948 e. The van der Waals surface area contributed by atoms with Crippen molar-refractivity contribution >= 4 is 0 Å². The summed E-state index contributed by atoms with van der Waals surface area (Å²) in [6, 6.07) is 32.6. The maximum atomic E-state index is 10.2. The predicted octanol–water partition coefficient (Wildman–Crippen LogP) is 3.84. The van der Waals surface area contributed by atoms with Crippen LogP contribution in [0.3, 0.4) is 0 Å². The van der Waals surface area contributed by atoms with E-state index in [0.717, 1.165) is 16.7 Å². The topological polar surface area (TPSA) is 56.0 Å². The molecule has 0 unspecified atom stereocenters. The van der Waals surface area contributed by atoms with Gasteiger partial charge < -0.3 is 5.11 Å². The molecule has 26 heavy (non-hydrogen) atoms. The number of hydrogen-bond acceptors (Lipinski definition) is 3. The summed E-state index contributed by atoms with van der Waals surface area (Å²) in [6.45, 7) is 0.312. The lowest BCUT2D eigenvalue weighted by Crippen LogP contribution is -2.47. The number of rotatable bonds is 7. The van der Waals surface area contributed by atoms with Gasteiger partial charge in [-0.1, -0.05) is 91.0 Å². The standard InChI is InChI=1S/C23H22N2O/c24-17-16-22(26)18-25-23(19-10-4-1-5-11-19,20-12-6-2-7-13-20)21-14-8-3-9-15-21/h1-15,22,25-26H,16,18H2/t22-/m0/s1. The van der Waals surface area contributed by atoms with Crippen molar-refractivity contribution < 1.29 is 5.11 Å². The molecule has 2 N–H and O–H groups in total. The first kappa shape index (κ1) is 17.9. The van der Waals surface area contributed by atoms with Gasteiger partial charge in [-0.05, 0) is 16.7 Å². The molecular formula is C23H22N2O. The molecule has 3 aromatic carbocycles. The lowest BCUT2D eigenvalue weighted by Gasteiger charge is -2.37. The lowest BCUT2D eigenvalue weighted by atomic mass is 9.77. The van der Waals surface area contributed by atoms with Gasteiger partial charge in [-0.15, -0.1) is 0 Å². The number of hydrogen-bond donors (Lipinski definition) is 2. The van der Waals surface area contributed by atoms with Gasteiger partial charge in [0, 0.05) is 6.54 Å².